The van der Waals surface area contributed by atoms with E-state index in [-0.39, 0.29) is 0 Å². The fourth-order valence-corrected chi connectivity index (χ4v) is 3.24. The summed E-state index contributed by atoms with van der Waals surface area (Å²) in [4.78, 5) is 28.1. The van der Waals surface area contributed by atoms with Crippen LogP contribution in [0.5, 0.6) is 0 Å². The number of hydrogen-bond acceptors (Lipinski definition) is 3. The van der Waals surface area contributed by atoms with Crippen molar-refractivity contribution in [2.45, 2.75) is 32.1 Å². The number of benzene rings is 1. The van der Waals surface area contributed by atoms with Crippen molar-refractivity contribution in [3.63, 3.8) is 0 Å². The van der Waals surface area contributed by atoms with Gasteiger partial charge in [-0.25, -0.2) is 0 Å². The van der Waals surface area contributed by atoms with Gasteiger partial charge in [-0.1, -0.05) is 30.9 Å². The van der Waals surface area contributed by atoms with Gasteiger partial charge >= 0.3 is 5.91 Å². The van der Waals surface area contributed by atoms with Gasteiger partial charge in [0.25, 0.3) is 5.78 Å². The van der Waals surface area contributed by atoms with Gasteiger partial charge in [0.15, 0.2) is 0 Å². The number of fused-ring (bicyclic) bond motifs is 1. The fourth-order valence-electron chi connectivity index (χ4n) is 3.07. The number of carbonyl (C=O) groups excluding carboxylic acids is 2. The van der Waals surface area contributed by atoms with E-state index in [0.29, 0.717) is 22.9 Å². The van der Waals surface area contributed by atoms with Gasteiger partial charge in [0.05, 0.1) is 17.9 Å². The summed E-state index contributed by atoms with van der Waals surface area (Å²) in [7, 11) is 0. The predicted molar refractivity (Wildman–Crippen MR) is 82.8 cm³/mol. The van der Waals surface area contributed by atoms with Crippen LogP contribution >= 0.6 is 11.6 Å². The number of amides is 1. The summed E-state index contributed by atoms with van der Waals surface area (Å²) in [5.74, 6) is -0.881. The molecule has 2 heterocycles. The lowest BCUT2D eigenvalue weighted by atomic mass is 10.1. The van der Waals surface area contributed by atoms with Crippen LogP contribution in [-0.2, 0) is 4.79 Å². The highest BCUT2D eigenvalue weighted by Crippen LogP contribution is 2.31. The fraction of sp³-hybridized carbons (Fsp3) is 0.500. The highest BCUT2D eigenvalue weighted by Gasteiger charge is 2.36. The second-order valence-electron chi connectivity index (χ2n) is 5.75. The van der Waals surface area contributed by atoms with Crippen LogP contribution in [0, 0.1) is 0 Å². The number of ketones is 1. The normalized spacial score (nSPS) is 20.3. The van der Waals surface area contributed by atoms with E-state index in [1.807, 2.05) is 0 Å². The van der Waals surface area contributed by atoms with Gasteiger partial charge in [-0.3, -0.25) is 19.4 Å². The van der Waals surface area contributed by atoms with E-state index in [1.165, 1.54) is 19.3 Å². The molecule has 0 saturated carbocycles. The van der Waals surface area contributed by atoms with Crippen LogP contribution in [0.2, 0.25) is 5.02 Å². The highest BCUT2D eigenvalue weighted by molar-refractivity contribution is 6.52. The molecule has 21 heavy (non-hydrogen) atoms. The van der Waals surface area contributed by atoms with Gasteiger partial charge in [0, 0.05) is 5.02 Å². The van der Waals surface area contributed by atoms with Crippen LogP contribution in [0.3, 0.4) is 0 Å². The molecule has 2 aliphatic rings. The van der Waals surface area contributed by atoms with Crippen LogP contribution < -0.4 is 4.90 Å². The molecule has 1 aromatic carbocycles. The largest absolute Gasteiger partial charge is 0.300 e. The van der Waals surface area contributed by atoms with Crippen molar-refractivity contribution in [3.05, 3.63) is 28.8 Å². The zero-order valence-electron chi connectivity index (χ0n) is 12.0. The third-order valence-corrected chi connectivity index (χ3v) is 4.46. The Bertz CT molecular complexity index is 565. The summed E-state index contributed by atoms with van der Waals surface area (Å²) >= 11 is 5.92. The van der Waals surface area contributed by atoms with Crippen molar-refractivity contribution < 1.29 is 9.59 Å². The van der Waals surface area contributed by atoms with Gasteiger partial charge in [0.2, 0.25) is 0 Å². The molecular formula is C16H19ClN2O2. The maximum Gasteiger partial charge on any atom is 0.300 e. The lowest BCUT2D eigenvalue weighted by molar-refractivity contribution is -0.114. The molecule has 0 N–H and O–H groups in total. The Morgan fingerprint density at radius 1 is 1.00 bits per heavy atom. The number of carbonyl (C=O) groups is 2. The van der Waals surface area contributed by atoms with Crippen LogP contribution in [-0.4, -0.2) is 36.3 Å². The van der Waals surface area contributed by atoms with Gasteiger partial charge < -0.3 is 0 Å². The van der Waals surface area contributed by atoms with E-state index in [2.05, 4.69) is 4.90 Å². The van der Waals surface area contributed by atoms with Gasteiger partial charge in [-0.2, -0.15) is 0 Å². The standard InChI is InChI=1S/C16H19ClN2O2/c17-12-6-7-14-13(10-12)15(20)16(21)19(14)11-18-8-4-2-1-3-5-9-18/h6-7,10H,1-5,8-9,11H2. The maximum atomic E-state index is 12.2. The Labute approximate surface area is 129 Å². The molecule has 0 unspecified atom stereocenters. The van der Waals surface area contributed by atoms with E-state index in [9.17, 15) is 9.59 Å². The molecule has 0 bridgehead atoms. The molecule has 1 fully saturated rings. The number of nitrogens with zero attached hydrogens (tertiary/aromatic N) is 2. The van der Waals surface area contributed by atoms with Gasteiger partial charge in [0.1, 0.15) is 0 Å². The lowest BCUT2D eigenvalue weighted by Crippen LogP contribution is -2.42. The first kappa shape index (κ1) is 14.5. The van der Waals surface area contributed by atoms with Crippen molar-refractivity contribution >= 4 is 29.0 Å². The number of likely N-dealkylation sites (tertiary alicyclic amines) is 1. The monoisotopic (exact) mass is 306 g/mol. The molecular weight excluding hydrogens is 288 g/mol. The van der Waals surface area contributed by atoms with E-state index in [4.69, 9.17) is 11.6 Å². The summed E-state index contributed by atoms with van der Waals surface area (Å²) in [5, 5.41) is 0.489. The zero-order chi connectivity index (χ0) is 14.8. The topological polar surface area (TPSA) is 40.6 Å². The molecule has 2 aliphatic heterocycles. The zero-order valence-corrected chi connectivity index (χ0v) is 12.7. The molecule has 3 rings (SSSR count). The number of Topliss-reactive ketones (excluding diaryl/α,β-unsaturated/α-hetero) is 1. The molecule has 0 aromatic heterocycles. The number of anilines is 1. The molecule has 0 spiro atoms. The second-order valence-corrected chi connectivity index (χ2v) is 6.19. The molecule has 0 radical (unpaired) electrons. The van der Waals surface area contributed by atoms with Crippen LogP contribution in [0.4, 0.5) is 5.69 Å². The Morgan fingerprint density at radius 3 is 2.38 bits per heavy atom. The first-order valence-corrected chi connectivity index (χ1v) is 7.93. The summed E-state index contributed by atoms with van der Waals surface area (Å²) < 4.78 is 0. The van der Waals surface area contributed by atoms with E-state index < -0.39 is 11.7 Å². The Balaban J connectivity index is 1.79. The predicted octanol–water partition coefficient (Wildman–Crippen LogP) is 3.09. The Morgan fingerprint density at radius 2 is 1.67 bits per heavy atom. The first-order valence-electron chi connectivity index (χ1n) is 7.55. The SMILES string of the molecule is O=C1C(=O)N(CN2CCCCCCC2)c2ccc(Cl)cc21. The second kappa shape index (κ2) is 6.16. The van der Waals surface area contributed by atoms with Crippen LogP contribution in [0.25, 0.3) is 0 Å². The number of halogens is 1. The van der Waals surface area contributed by atoms with Gasteiger partial charge in [-0.15, -0.1) is 0 Å². The average molecular weight is 307 g/mol. The minimum absolute atomic E-state index is 0.430. The lowest BCUT2D eigenvalue weighted by Gasteiger charge is -2.29. The van der Waals surface area contributed by atoms with Crippen molar-refractivity contribution in [3.8, 4) is 0 Å². The summed E-state index contributed by atoms with van der Waals surface area (Å²) in [5.41, 5.74) is 1.12. The Kier molecular flexibility index (Phi) is 4.27. The van der Waals surface area contributed by atoms with E-state index in [0.717, 1.165) is 25.9 Å². The number of rotatable bonds is 2. The summed E-state index contributed by atoms with van der Waals surface area (Å²) in [6.07, 6.45) is 6.11. The van der Waals surface area contributed by atoms with Crippen LogP contribution in [0.15, 0.2) is 18.2 Å². The smallest absolute Gasteiger partial charge is 0.291 e. The molecule has 5 heteroatoms. The third kappa shape index (κ3) is 2.97. The van der Waals surface area contributed by atoms with Crippen molar-refractivity contribution in [1.29, 1.82) is 0 Å². The van der Waals surface area contributed by atoms with Crippen molar-refractivity contribution in [2.24, 2.45) is 0 Å². The molecule has 0 atom stereocenters. The molecule has 0 aliphatic carbocycles. The Hall–Kier alpha value is -1.39. The molecule has 4 nitrogen and oxygen atoms in total. The van der Waals surface area contributed by atoms with Crippen LogP contribution in [0.1, 0.15) is 42.5 Å². The van der Waals surface area contributed by atoms with Crippen molar-refractivity contribution in [2.75, 3.05) is 24.7 Å². The quantitative estimate of drug-likeness (QED) is 0.788. The summed E-state index contributed by atoms with van der Waals surface area (Å²) in [6, 6.07) is 5.09. The minimum Gasteiger partial charge on any atom is -0.291 e. The maximum absolute atomic E-state index is 12.2. The molecule has 112 valence electrons. The van der Waals surface area contributed by atoms with Crippen molar-refractivity contribution in [1.82, 2.24) is 4.90 Å². The minimum atomic E-state index is -0.445. The summed E-state index contributed by atoms with van der Waals surface area (Å²) in [6.45, 7) is 2.47. The molecule has 1 aromatic rings. The highest BCUT2D eigenvalue weighted by atomic mass is 35.5. The average Bonchev–Trinajstić information content (AvgIpc) is 2.66. The number of hydrogen-bond donors (Lipinski definition) is 0. The molecule has 1 saturated heterocycles. The molecule has 1 amide bonds. The first-order chi connectivity index (χ1) is 10.2. The third-order valence-electron chi connectivity index (χ3n) is 4.22. The van der Waals surface area contributed by atoms with E-state index in [1.54, 1.807) is 23.1 Å². The van der Waals surface area contributed by atoms with E-state index >= 15 is 0 Å². The van der Waals surface area contributed by atoms with Gasteiger partial charge in [-0.05, 0) is 44.1 Å².